The molecule has 0 fully saturated rings. The van der Waals surface area contributed by atoms with Crippen molar-refractivity contribution in [3.8, 4) is 0 Å². The summed E-state index contributed by atoms with van der Waals surface area (Å²) in [5.41, 5.74) is 7.11. The van der Waals surface area contributed by atoms with Crippen molar-refractivity contribution in [3.05, 3.63) is 58.1 Å². The summed E-state index contributed by atoms with van der Waals surface area (Å²) in [6, 6.07) is 7.97. The quantitative estimate of drug-likeness (QED) is 0.900. The molecule has 0 saturated carbocycles. The molecule has 2 rings (SSSR count). The Morgan fingerprint density at radius 1 is 1.35 bits per heavy atom. The summed E-state index contributed by atoms with van der Waals surface area (Å²) in [4.78, 5) is 15.8. The highest BCUT2D eigenvalue weighted by molar-refractivity contribution is 9.10. The van der Waals surface area contributed by atoms with E-state index >= 15 is 0 Å². The Bertz CT molecular complexity index is 616. The Morgan fingerprint density at radius 3 is 2.85 bits per heavy atom. The van der Waals surface area contributed by atoms with E-state index in [4.69, 9.17) is 5.73 Å². The number of nitrogens with two attached hydrogens (primary N) is 1. The van der Waals surface area contributed by atoms with E-state index in [-0.39, 0.29) is 24.7 Å². The monoisotopic (exact) mass is 337 g/mol. The average Bonchev–Trinajstić information content (AvgIpc) is 2.42. The number of anilines is 1. The molecule has 0 atom stereocenters. The number of nitrogens with zero attached hydrogens (tertiary/aromatic N) is 1. The summed E-state index contributed by atoms with van der Waals surface area (Å²) < 4.78 is 14.3. The molecular formula is C14H13BrFN3O. The first-order valence-electron chi connectivity index (χ1n) is 5.95. The lowest BCUT2D eigenvalue weighted by atomic mass is 10.2. The smallest absolute Gasteiger partial charge is 0.226 e. The third-order valence-electron chi connectivity index (χ3n) is 2.67. The fourth-order valence-electron chi connectivity index (χ4n) is 1.64. The number of carbonyl (C=O) groups excluding carboxylic acids is 1. The molecule has 6 heteroatoms. The maximum Gasteiger partial charge on any atom is 0.226 e. The van der Waals surface area contributed by atoms with Crippen LogP contribution in [0.15, 0.2) is 41.0 Å². The van der Waals surface area contributed by atoms with Crippen LogP contribution in [-0.2, 0) is 17.8 Å². The number of carbonyl (C=O) groups is 1. The lowest BCUT2D eigenvalue weighted by molar-refractivity contribution is -0.120. The number of benzene rings is 1. The van der Waals surface area contributed by atoms with Gasteiger partial charge in [-0.2, -0.15) is 0 Å². The second-order valence-electron chi connectivity index (χ2n) is 4.27. The highest BCUT2D eigenvalue weighted by Crippen LogP contribution is 2.15. The minimum absolute atomic E-state index is 0.135. The summed E-state index contributed by atoms with van der Waals surface area (Å²) >= 11 is 3.26. The molecule has 1 aromatic heterocycles. The third-order valence-corrected chi connectivity index (χ3v) is 3.17. The van der Waals surface area contributed by atoms with Crippen LogP contribution >= 0.6 is 15.9 Å². The van der Waals surface area contributed by atoms with Gasteiger partial charge in [0.2, 0.25) is 5.91 Å². The fourth-order valence-corrected chi connectivity index (χ4v) is 2.05. The molecule has 1 aromatic carbocycles. The predicted octanol–water partition coefficient (Wildman–Crippen LogP) is 2.42. The Kier molecular flexibility index (Phi) is 4.68. The van der Waals surface area contributed by atoms with Gasteiger partial charge in [0.05, 0.1) is 18.3 Å². The summed E-state index contributed by atoms with van der Waals surface area (Å²) in [5.74, 6) is -0.569. The first-order chi connectivity index (χ1) is 9.54. The van der Waals surface area contributed by atoms with Crippen LogP contribution in [0.25, 0.3) is 0 Å². The van der Waals surface area contributed by atoms with E-state index in [0.29, 0.717) is 16.9 Å². The molecule has 0 aliphatic heterocycles. The Morgan fingerprint density at radius 2 is 2.15 bits per heavy atom. The van der Waals surface area contributed by atoms with E-state index in [1.54, 1.807) is 24.3 Å². The molecule has 1 amide bonds. The van der Waals surface area contributed by atoms with Gasteiger partial charge in [-0.05, 0) is 30.3 Å². The van der Waals surface area contributed by atoms with Crippen LogP contribution in [0.1, 0.15) is 11.3 Å². The molecule has 0 unspecified atom stereocenters. The summed E-state index contributed by atoms with van der Waals surface area (Å²) in [6.45, 7) is 0.138. The van der Waals surface area contributed by atoms with Gasteiger partial charge in [-0.15, -0.1) is 0 Å². The molecule has 20 heavy (non-hydrogen) atoms. The maximum absolute atomic E-state index is 13.5. The topological polar surface area (TPSA) is 68.0 Å². The Hall–Kier alpha value is -1.95. The fraction of sp³-hybridized carbons (Fsp3) is 0.143. The predicted molar refractivity (Wildman–Crippen MR) is 78.3 cm³/mol. The Balaban J connectivity index is 1.92. The molecule has 0 radical (unpaired) electrons. The molecule has 0 saturated heterocycles. The maximum atomic E-state index is 13.5. The van der Waals surface area contributed by atoms with E-state index in [0.717, 1.165) is 4.47 Å². The molecule has 1 heterocycles. The van der Waals surface area contributed by atoms with Crippen molar-refractivity contribution in [2.45, 2.75) is 13.0 Å². The van der Waals surface area contributed by atoms with E-state index in [2.05, 4.69) is 26.2 Å². The number of nitrogen functional groups attached to an aromatic ring is 1. The zero-order valence-electron chi connectivity index (χ0n) is 10.6. The van der Waals surface area contributed by atoms with Gasteiger partial charge in [0.25, 0.3) is 0 Å². The third kappa shape index (κ3) is 4.03. The van der Waals surface area contributed by atoms with Crippen molar-refractivity contribution in [2.75, 3.05) is 5.73 Å². The van der Waals surface area contributed by atoms with E-state index in [1.807, 2.05) is 0 Å². The summed E-state index contributed by atoms with van der Waals surface area (Å²) in [7, 11) is 0. The number of halogens is 2. The molecule has 3 N–H and O–H groups in total. The lowest BCUT2D eigenvalue weighted by Gasteiger charge is -2.07. The van der Waals surface area contributed by atoms with Gasteiger partial charge in [-0.3, -0.25) is 9.78 Å². The molecule has 4 nitrogen and oxygen atoms in total. The standard InChI is InChI=1S/C14H13BrFN3O/c15-10-1-4-13(16)9(5-10)7-19-14(20)6-12-3-2-11(17)8-18-12/h1-5,8H,6-7,17H2,(H,19,20). The highest BCUT2D eigenvalue weighted by Gasteiger charge is 2.07. The summed E-state index contributed by atoms with van der Waals surface area (Å²) in [5, 5.41) is 2.66. The minimum Gasteiger partial charge on any atom is -0.397 e. The second-order valence-corrected chi connectivity index (χ2v) is 5.19. The average molecular weight is 338 g/mol. The molecule has 0 bridgehead atoms. The van der Waals surface area contributed by atoms with Gasteiger partial charge in [0, 0.05) is 22.3 Å². The number of pyridine rings is 1. The normalized spacial score (nSPS) is 10.3. The van der Waals surface area contributed by atoms with Crippen LogP contribution in [0.3, 0.4) is 0 Å². The molecule has 0 spiro atoms. The molecule has 0 aliphatic rings. The van der Waals surface area contributed by atoms with Gasteiger partial charge in [-0.25, -0.2) is 4.39 Å². The van der Waals surface area contributed by atoms with Crippen molar-refractivity contribution in [2.24, 2.45) is 0 Å². The lowest BCUT2D eigenvalue weighted by Crippen LogP contribution is -2.25. The number of amides is 1. The number of hydrogen-bond acceptors (Lipinski definition) is 3. The molecular weight excluding hydrogens is 325 g/mol. The van der Waals surface area contributed by atoms with Crippen molar-refractivity contribution in [1.82, 2.24) is 10.3 Å². The van der Waals surface area contributed by atoms with Gasteiger partial charge in [-0.1, -0.05) is 15.9 Å². The number of hydrogen-bond donors (Lipinski definition) is 2. The van der Waals surface area contributed by atoms with Crippen LogP contribution < -0.4 is 11.1 Å². The van der Waals surface area contributed by atoms with Crippen LogP contribution in [0.5, 0.6) is 0 Å². The van der Waals surface area contributed by atoms with E-state index in [1.165, 1.54) is 12.3 Å². The van der Waals surface area contributed by atoms with Crippen molar-refractivity contribution >= 4 is 27.5 Å². The first-order valence-corrected chi connectivity index (χ1v) is 6.75. The van der Waals surface area contributed by atoms with E-state index in [9.17, 15) is 9.18 Å². The molecule has 2 aromatic rings. The summed E-state index contributed by atoms with van der Waals surface area (Å²) in [6.07, 6.45) is 1.63. The largest absolute Gasteiger partial charge is 0.397 e. The first kappa shape index (κ1) is 14.5. The highest BCUT2D eigenvalue weighted by atomic mass is 79.9. The van der Waals surface area contributed by atoms with Crippen LogP contribution in [0.4, 0.5) is 10.1 Å². The van der Waals surface area contributed by atoms with Crippen molar-refractivity contribution in [1.29, 1.82) is 0 Å². The van der Waals surface area contributed by atoms with Crippen molar-refractivity contribution < 1.29 is 9.18 Å². The SMILES string of the molecule is Nc1ccc(CC(=O)NCc2cc(Br)ccc2F)nc1. The van der Waals surface area contributed by atoms with Gasteiger partial charge in [0.15, 0.2) is 0 Å². The second kappa shape index (κ2) is 6.47. The van der Waals surface area contributed by atoms with Crippen LogP contribution in [-0.4, -0.2) is 10.9 Å². The van der Waals surface area contributed by atoms with Gasteiger partial charge < -0.3 is 11.1 Å². The number of aromatic nitrogens is 1. The molecule has 104 valence electrons. The van der Waals surface area contributed by atoms with E-state index < -0.39 is 0 Å². The van der Waals surface area contributed by atoms with Crippen LogP contribution in [0.2, 0.25) is 0 Å². The van der Waals surface area contributed by atoms with Crippen LogP contribution in [0, 0.1) is 5.82 Å². The van der Waals surface area contributed by atoms with Gasteiger partial charge >= 0.3 is 0 Å². The molecule has 0 aliphatic carbocycles. The number of rotatable bonds is 4. The van der Waals surface area contributed by atoms with Crippen molar-refractivity contribution in [3.63, 3.8) is 0 Å². The van der Waals surface area contributed by atoms with Gasteiger partial charge in [0.1, 0.15) is 5.82 Å². The Labute approximate surface area is 124 Å². The number of nitrogens with one attached hydrogen (secondary N) is 1. The zero-order valence-corrected chi connectivity index (χ0v) is 12.2. The minimum atomic E-state index is -0.348. The zero-order chi connectivity index (χ0) is 14.5.